The Labute approximate surface area is 354 Å². The summed E-state index contributed by atoms with van der Waals surface area (Å²) in [4.78, 5) is 15.5. The highest BCUT2D eigenvalue weighted by Gasteiger charge is 2.28. The summed E-state index contributed by atoms with van der Waals surface area (Å²) in [5.41, 5.74) is 9.49. The molecule has 6 rings (SSSR count). The molecule has 0 radical (unpaired) electrons. The van der Waals surface area contributed by atoms with Gasteiger partial charge in [-0.2, -0.15) is 0 Å². The number of hydrogen-bond acceptors (Lipinski definition) is 11. The van der Waals surface area contributed by atoms with E-state index in [4.69, 9.17) is 18.9 Å². The predicted octanol–water partition coefficient (Wildman–Crippen LogP) is 7.73. The topological polar surface area (TPSA) is 110 Å². The molecule has 2 saturated heterocycles. The summed E-state index contributed by atoms with van der Waals surface area (Å²) in [7, 11) is 7.96. The van der Waals surface area contributed by atoms with Gasteiger partial charge in [-0.3, -0.25) is 15.2 Å². The van der Waals surface area contributed by atoms with Gasteiger partial charge in [-0.15, -0.1) is 10.2 Å². The third-order valence-corrected chi connectivity index (χ3v) is 11.6. The van der Waals surface area contributed by atoms with Crippen LogP contribution in [0.4, 0.5) is 0 Å². The highest BCUT2D eigenvalue weighted by Crippen LogP contribution is 2.29. The van der Waals surface area contributed by atoms with Crippen LogP contribution in [0, 0.1) is 13.8 Å². The Morgan fingerprint density at radius 3 is 1.88 bits per heavy atom. The highest BCUT2D eigenvalue weighted by atomic mass is 16.5. The molecule has 2 atom stereocenters. The van der Waals surface area contributed by atoms with Gasteiger partial charge in [-0.1, -0.05) is 19.1 Å². The Bertz CT molecular complexity index is 1800. The quantitative estimate of drug-likeness (QED) is 0.173. The Morgan fingerprint density at radius 2 is 1.37 bits per heavy atom. The number of ether oxygens (including phenoxy) is 4. The maximum Gasteiger partial charge on any atom is 0.219 e. The summed E-state index contributed by atoms with van der Waals surface area (Å²) in [5, 5.41) is 12.8. The van der Waals surface area contributed by atoms with Crippen molar-refractivity contribution in [3.05, 3.63) is 65.5 Å². The number of benzene rings is 2. The first-order valence-electron chi connectivity index (χ1n) is 21.5. The number of hydrogen-bond donors (Lipinski definition) is 1. The van der Waals surface area contributed by atoms with Crippen molar-refractivity contribution in [2.24, 2.45) is 0 Å². The van der Waals surface area contributed by atoms with Crippen LogP contribution in [0.3, 0.4) is 0 Å². The van der Waals surface area contributed by atoms with Crippen molar-refractivity contribution in [2.45, 2.75) is 131 Å². The maximum absolute atomic E-state index is 11.7. The maximum atomic E-state index is 11.7. The van der Waals surface area contributed by atoms with Crippen molar-refractivity contribution < 1.29 is 23.7 Å². The predicted molar refractivity (Wildman–Crippen MR) is 237 cm³/mol. The fourth-order valence-electron chi connectivity index (χ4n) is 6.85. The minimum atomic E-state index is -0.377. The van der Waals surface area contributed by atoms with Crippen LogP contribution in [-0.4, -0.2) is 125 Å². The number of aromatic nitrogens is 3. The Kier molecular flexibility index (Phi) is 17.6. The van der Waals surface area contributed by atoms with Crippen LogP contribution < -0.4 is 14.9 Å². The molecule has 0 bridgehead atoms. The normalized spacial score (nSPS) is 18.5. The standard InChI is InChI=1S/C23H36N4O3.C21H32N4O2.C2H6/c1-17-13-19(30-16-23(3,4)25(5)18(2)28)10-11-21(17)22-15-27(26(6)24-22)14-20-9-7-8-12-29-20;1-16-12-17(27-15-21(2,3)24(4)5)9-10-19(16)20-14-25(23-22-20)13-18-8-6-7-11-26-18;1-2/h10-11,13,15,20,24H,7-9,12,14,16H2,1-6H3;9-10,12,14,18H,6-8,11,13,15H2,1-5H3;1-2H3/t20-;18-;/m11./s1. The smallest absolute Gasteiger partial charge is 0.219 e. The zero-order valence-corrected chi connectivity index (χ0v) is 38.4. The number of nitrogens with one attached hydrogen (secondary N) is 1. The number of carbonyl (C=O) groups excluding carboxylic acids is 1. The van der Waals surface area contributed by atoms with E-state index < -0.39 is 0 Å². The van der Waals surface area contributed by atoms with Gasteiger partial charge in [0.2, 0.25) is 5.91 Å². The molecule has 1 aromatic heterocycles. The lowest BCUT2D eigenvalue weighted by Gasteiger charge is -2.34. The Hall–Kier alpha value is -4.17. The lowest BCUT2D eigenvalue weighted by molar-refractivity contribution is -0.133. The third kappa shape index (κ3) is 13.7. The molecule has 0 saturated carbocycles. The number of carbonyl (C=O) groups is 1. The van der Waals surface area contributed by atoms with E-state index in [0.717, 1.165) is 84.3 Å². The summed E-state index contributed by atoms with van der Waals surface area (Å²) < 4.78 is 25.6. The van der Waals surface area contributed by atoms with E-state index in [1.807, 2.05) is 62.9 Å². The van der Waals surface area contributed by atoms with E-state index in [0.29, 0.717) is 13.2 Å². The van der Waals surface area contributed by atoms with Crippen molar-refractivity contribution >= 4 is 11.6 Å². The number of aryl methyl sites for hydroxylation is 2. The summed E-state index contributed by atoms with van der Waals surface area (Å²) >= 11 is 0. The largest absolute Gasteiger partial charge is 0.492 e. The molecule has 328 valence electrons. The van der Waals surface area contributed by atoms with Gasteiger partial charge in [0.15, 0.2) is 0 Å². The molecule has 4 heterocycles. The number of rotatable bonds is 14. The molecular formula is C46H74N8O5. The second kappa shape index (κ2) is 21.9. The first-order chi connectivity index (χ1) is 28.0. The Morgan fingerprint density at radius 1 is 0.831 bits per heavy atom. The third-order valence-electron chi connectivity index (χ3n) is 11.6. The van der Waals surface area contributed by atoms with Gasteiger partial charge in [0.05, 0.1) is 42.7 Å². The molecule has 3 aliphatic heterocycles. The van der Waals surface area contributed by atoms with Crippen LogP contribution in [0.1, 0.15) is 104 Å². The van der Waals surface area contributed by atoms with E-state index >= 15 is 0 Å². The zero-order valence-electron chi connectivity index (χ0n) is 38.4. The van der Waals surface area contributed by atoms with Crippen molar-refractivity contribution in [1.29, 1.82) is 0 Å². The van der Waals surface area contributed by atoms with Crippen molar-refractivity contribution in [1.82, 2.24) is 40.3 Å². The molecule has 0 unspecified atom stereocenters. The number of likely N-dealkylation sites (N-methyl/N-ethyl adjacent to an activating group) is 2. The molecular weight excluding hydrogens is 745 g/mol. The molecule has 1 amide bonds. The van der Waals surface area contributed by atoms with E-state index in [9.17, 15) is 4.79 Å². The zero-order chi connectivity index (χ0) is 43.3. The minimum Gasteiger partial charge on any atom is -0.492 e. The molecule has 1 N–H and O–H groups in total. The molecule has 0 spiro atoms. The lowest BCUT2D eigenvalue weighted by atomic mass is 10.0. The van der Waals surface area contributed by atoms with Gasteiger partial charge in [-0.05, 0) is 142 Å². The van der Waals surface area contributed by atoms with E-state index in [2.05, 4.69) is 97.9 Å². The second-order valence-electron chi connectivity index (χ2n) is 17.2. The average Bonchev–Trinajstić information content (AvgIpc) is 3.83. The van der Waals surface area contributed by atoms with Crippen LogP contribution in [-0.2, 0) is 20.8 Å². The SMILES string of the molecule is CC.CC(=O)N(C)C(C)(C)COc1ccc(C2=CN(C[C@H]3CCCCO3)N(C)N2)c(C)c1.Cc1cc(OCC(C)(C)N(C)C)ccc1-c1cn(C[C@H]2CCCCO2)nn1. The molecule has 13 nitrogen and oxygen atoms in total. The van der Waals surface area contributed by atoms with E-state index in [1.54, 1.807) is 18.9 Å². The fourth-order valence-corrected chi connectivity index (χ4v) is 6.85. The number of amides is 1. The summed E-state index contributed by atoms with van der Waals surface area (Å²) in [6.45, 7) is 22.5. The molecule has 2 fully saturated rings. The monoisotopic (exact) mass is 819 g/mol. The van der Waals surface area contributed by atoms with Crippen LogP contribution in [0.2, 0.25) is 0 Å². The minimum absolute atomic E-state index is 0.0174. The summed E-state index contributed by atoms with van der Waals surface area (Å²) in [5.74, 6) is 1.72. The van der Waals surface area contributed by atoms with Crippen LogP contribution in [0.5, 0.6) is 11.5 Å². The lowest BCUT2D eigenvalue weighted by Crippen LogP contribution is -2.48. The van der Waals surface area contributed by atoms with Crippen molar-refractivity contribution in [3.8, 4) is 22.8 Å². The van der Waals surface area contributed by atoms with Gasteiger partial charge in [0.1, 0.15) is 30.4 Å². The van der Waals surface area contributed by atoms with E-state index in [1.165, 1.54) is 25.7 Å². The fraction of sp³-hybridized carbons (Fsp3) is 0.630. The van der Waals surface area contributed by atoms with Crippen LogP contribution in [0.15, 0.2) is 48.8 Å². The summed E-state index contributed by atoms with van der Waals surface area (Å²) in [6.07, 6.45) is 11.7. The molecule has 3 aromatic rings. The average molecular weight is 819 g/mol. The van der Waals surface area contributed by atoms with Crippen molar-refractivity contribution in [3.63, 3.8) is 0 Å². The van der Waals surface area contributed by atoms with Crippen LogP contribution >= 0.6 is 0 Å². The number of hydrazine groups is 2. The van der Waals surface area contributed by atoms with Crippen molar-refractivity contribution in [2.75, 3.05) is 61.2 Å². The molecule has 13 heteroatoms. The Balaban J connectivity index is 0.000000251. The van der Waals surface area contributed by atoms with Gasteiger partial charge in [0.25, 0.3) is 0 Å². The molecule has 2 aromatic carbocycles. The van der Waals surface area contributed by atoms with Gasteiger partial charge < -0.3 is 28.7 Å². The summed E-state index contributed by atoms with van der Waals surface area (Å²) in [6, 6.07) is 12.3. The van der Waals surface area contributed by atoms with Crippen LogP contribution in [0.25, 0.3) is 17.0 Å². The molecule has 59 heavy (non-hydrogen) atoms. The van der Waals surface area contributed by atoms with Gasteiger partial charge >= 0.3 is 0 Å². The first-order valence-corrected chi connectivity index (χ1v) is 21.5. The van der Waals surface area contributed by atoms with E-state index in [-0.39, 0.29) is 29.2 Å². The number of nitrogens with zero attached hydrogens (tertiary/aromatic N) is 7. The van der Waals surface area contributed by atoms with Gasteiger partial charge in [-0.25, -0.2) is 4.68 Å². The van der Waals surface area contributed by atoms with Gasteiger partial charge in [0, 0.05) is 57.1 Å². The molecule has 3 aliphatic rings. The second-order valence-corrected chi connectivity index (χ2v) is 17.2. The highest BCUT2D eigenvalue weighted by molar-refractivity contribution is 5.73. The molecule has 0 aliphatic carbocycles. The first kappa shape index (κ1) is 47.5.